The standard InChI is InChI=1S/C61H38N4/c1-2-18-46-45(17-1)51-34-42(38-25-27-39(28-26-38)55-32-30-41-13-9-12-40-14-11-33-62-60(40)61(41)63-55)29-31-47(51)53-37-59-54(36-52(46)53)50-21-5-8-24-58(50)65(59)44-16-10-15-43(35-44)64-56-22-6-3-19-48(56)49-20-4-7-23-57(49)64/h1-11,13-37H,12H2. The number of aromatic nitrogens is 4. The highest BCUT2D eigenvalue weighted by Gasteiger charge is 2.20. The van der Waals surface area contributed by atoms with Gasteiger partial charge in [-0.05, 0) is 122 Å². The van der Waals surface area contributed by atoms with Crippen molar-refractivity contribution < 1.29 is 0 Å². The van der Waals surface area contributed by atoms with Crippen molar-refractivity contribution in [2.75, 3.05) is 0 Å². The highest BCUT2D eigenvalue weighted by atomic mass is 15.0. The van der Waals surface area contributed by atoms with Gasteiger partial charge in [0.05, 0.1) is 39.1 Å². The molecule has 0 radical (unpaired) electrons. The van der Waals surface area contributed by atoms with Crippen molar-refractivity contribution in [1.29, 1.82) is 0 Å². The number of allylic oxidation sites excluding steroid dienone is 1. The van der Waals surface area contributed by atoms with Gasteiger partial charge in [0.1, 0.15) is 0 Å². The van der Waals surface area contributed by atoms with E-state index in [1.165, 1.54) is 92.6 Å². The maximum absolute atomic E-state index is 5.17. The zero-order valence-electron chi connectivity index (χ0n) is 35.3. The van der Waals surface area contributed by atoms with Crippen LogP contribution in [0.25, 0.3) is 127 Å². The molecular weight excluding hydrogens is 789 g/mol. The molecule has 1 aliphatic carbocycles. The van der Waals surface area contributed by atoms with Crippen LogP contribution in [0.4, 0.5) is 0 Å². The molecule has 0 fully saturated rings. The van der Waals surface area contributed by atoms with Gasteiger partial charge in [-0.25, -0.2) is 4.98 Å². The minimum Gasteiger partial charge on any atom is -0.309 e. The van der Waals surface area contributed by atoms with Gasteiger partial charge in [-0.3, -0.25) is 4.98 Å². The van der Waals surface area contributed by atoms with E-state index >= 15 is 0 Å². The Bertz CT molecular complexity index is 4090. The summed E-state index contributed by atoms with van der Waals surface area (Å²) < 4.78 is 4.87. The summed E-state index contributed by atoms with van der Waals surface area (Å²) in [7, 11) is 0. The van der Waals surface area contributed by atoms with Crippen molar-refractivity contribution in [3.63, 3.8) is 0 Å². The summed E-state index contributed by atoms with van der Waals surface area (Å²) in [5, 5.41) is 12.5. The summed E-state index contributed by atoms with van der Waals surface area (Å²) in [4.78, 5) is 9.91. The van der Waals surface area contributed by atoms with Crippen molar-refractivity contribution in [3.05, 3.63) is 224 Å². The fraction of sp³-hybridized carbons (Fsp3) is 0.0164. The van der Waals surface area contributed by atoms with E-state index in [1.54, 1.807) is 0 Å². The van der Waals surface area contributed by atoms with Crippen molar-refractivity contribution in [2.24, 2.45) is 0 Å². The van der Waals surface area contributed by atoms with Gasteiger partial charge in [0.15, 0.2) is 0 Å². The molecule has 4 nitrogen and oxygen atoms in total. The maximum atomic E-state index is 5.17. The lowest BCUT2D eigenvalue weighted by Gasteiger charge is -2.15. The second kappa shape index (κ2) is 14.0. The minimum atomic E-state index is 0.856. The molecular formula is C61H38N4. The summed E-state index contributed by atoms with van der Waals surface area (Å²) in [6.07, 6.45) is 7.08. The largest absolute Gasteiger partial charge is 0.309 e. The number of benzene rings is 9. The first-order valence-electron chi connectivity index (χ1n) is 22.4. The molecule has 1 aliphatic rings. The molecule has 0 saturated carbocycles. The zero-order chi connectivity index (χ0) is 42.6. The monoisotopic (exact) mass is 826 g/mol. The van der Waals surface area contributed by atoms with Crippen LogP contribution >= 0.6 is 0 Å². The number of fused-ring (bicyclic) bond motifs is 15. The Hall–Kier alpha value is -8.60. The van der Waals surface area contributed by atoms with Crippen LogP contribution in [-0.4, -0.2) is 19.1 Å². The fourth-order valence-electron chi connectivity index (χ4n) is 10.8. The van der Waals surface area contributed by atoms with E-state index in [2.05, 4.69) is 215 Å². The molecule has 0 bridgehead atoms. The molecule has 302 valence electrons. The van der Waals surface area contributed by atoms with Crippen LogP contribution in [0.3, 0.4) is 0 Å². The molecule has 65 heavy (non-hydrogen) atoms. The van der Waals surface area contributed by atoms with Crippen LogP contribution < -0.4 is 0 Å². The quantitative estimate of drug-likeness (QED) is 0.166. The molecule has 9 aromatic carbocycles. The number of hydrogen-bond donors (Lipinski definition) is 0. The lowest BCUT2D eigenvalue weighted by Crippen LogP contribution is -1.98. The third-order valence-electron chi connectivity index (χ3n) is 13.7. The van der Waals surface area contributed by atoms with Crippen molar-refractivity contribution >= 4 is 82.0 Å². The smallest absolute Gasteiger partial charge is 0.0968 e. The molecule has 0 amide bonds. The first-order valence-corrected chi connectivity index (χ1v) is 22.4. The van der Waals surface area contributed by atoms with Crippen LogP contribution in [0.5, 0.6) is 0 Å². The van der Waals surface area contributed by atoms with E-state index in [9.17, 15) is 0 Å². The number of rotatable bonds is 4. The van der Waals surface area contributed by atoms with Gasteiger partial charge in [-0.1, -0.05) is 146 Å². The van der Waals surface area contributed by atoms with Gasteiger partial charge >= 0.3 is 0 Å². The van der Waals surface area contributed by atoms with E-state index in [4.69, 9.17) is 9.97 Å². The number of nitrogens with zero attached hydrogens (tertiary/aromatic N) is 4. The topological polar surface area (TPSA) is 35.6 Å². The molecule has 13 aromatic rings. The van der Waals surface area contributed by atoms with E-state index < -0.39 is 0 Å². The molecule has 0 N–H and O–H groups in total. The number of pyridine rings is 2. The summed E-state index contributed by atoms with van der Waals surface area (Å²) in [6, 6.07) is 73.5. The second-order valence-electron chi connectivity index (χ2n) is 17.3. The Kier molecular flexibility index (Phi) is 7.71. The summed E-state index contributed by atoms with van der Waals surface area (Å²) >= 11 is 0. The fourth-order valence-corrected chi connectivity index (χ4v) is 10.8. The van der Waals surface area contributed by atoms with Crippen LogP contribution in [0.1, 0.15) is 11.1 Å². The third kappa shape index (κ3) is 5.44. The molecule has 0 aliphatic heterocycles. The number of para-hydroxylation sites is 3. The minimum absolute atomic E-state index is 0.856. The summed E-state index contributed by atoms with van der Waals surface area (Å²) in [5.41, 5.74) is 15.7. The average molecular weight is 827 g/mol. The molecule has 4 aromatic heterocycles. The van der Waals surface area contributed by atoms with Crippen LogP contribution in [0, 0.1) is 0 Å². The van der Waals surface area contributed by atoms with Crippen LogP contribution in [0.2, 0.25) is 0 Å². The van der Waals surface area contributed by atoms with Crippen LogP contribution in [0.15, 0.2) is 212 Å². The third-order valence-corrected chi connectivity index (χ3v) is 13.7. The van der Waals surface area contributed by atoms with Gasteiger partial charge in [0.25, 0.3) is 0 Å². The Morgan fingerprint density at radius 1 is 0.354 bits per heavy atom. The Labute approximate surface area is 374 Å². The second-order valence-corrected chi connectivity index (χ2v) is 17.3. The van der Waals surface area contributed by atoms with Crippen molar-refractivity contribution in [3.8, 4) is 45.1 Å². The molecule has 0 unspecified atom stereocenters. The van der Waals surface area contributed by atoms with Gasteiger partial charge in [0.2, 0.25) is 0 Å². The first kappa shape index (κ1) is 35.9. The molecule has 4 heteroatoms. The van der Waals surface area contributed by atoms with E-state index in [0.29, 0.717) is 0 Å². The highest BCUT2D eigenvalue weighted by Crippen LogP contribution is 2.43. The average Bonchev–Trinajstić information content (AvgIpc) is 3.81. The predicted octanol–water partition coefficient (Wildman–Crippen LogP) is 15.7. The van der Waals surface area contributed by atoms with Crippen LogP contribution in [-0.2, 0) is 6.42 Å². The van der Waals surface area contributed by atoms with Crippen molar-refractivity contribution in [2.45, 2.75) is 6.42 Å². The van der Waals surface area contributed by atoms with Gasteiger partial charge in [0, 0.05) is 50.2 Å². The van der Waals surface area contributed by atoms with E-state index in [0.717, 1.165) is 46.0 Å². The summed E-state index contributed by atoms with van der Waals surface area (Å²) in [6.45, 7) is 0. The Morgan fingerprint density at radius 2 is 0.923 bits per heavy atom. The Morgan fingerprint density at radius 3 is 1.63 bits per heavy atom. The van der Waals surface area contributed by atoms with E-state index in [1.807, 2.05) is 12.3 Å². The molecule has 0 spiro atoms. The molecule has 14 rings (SSSR count). The van der Waals surface area contributed by atoms with Gasteiger partial charge in [-0.15, -0.1) is 0 Å². The molecule has 4 heterocycles. The normalized spacial score (nSPS) is 12.5. The highest BCUT2D eigenvalue weighted by molar-refractivity contribution is 6.29. The zero-order valence-corrected chi connectivity index (χ0v) is 35.3. The SMILES string of the molecule is C1=Cc2ccc(-c3ccc(-c4ccc5c(c4)c4ccccc4c4cc6c7ccccc7n(-c7cccc(-n8c9ccccc9c9ccccc98)c7)c6cc54)cc3)nc2-c2ncccc2C1. The lowest BCUT2D eigenvalue weighted by molar-refractivity contribution is 1.13. The van der Waals surface area contributed by atoms with Crippen molar-refractivity contribution in [1.82, 2.24) is 19.1 Å². The molecule has 0 atom stereocenters. The maximum Gasteiger partial charge on any atom is 0.0968 e. The lowest BCUT2D eigenvalue weighted by atomic mass is 9.91. The molecule has 0 saturated heterocycles. The predicted molar refractivity (Wildman–Crippen MR) is 272 cm³/mol. The Balaban J connectivity index is 0.921. The van der Waals surface area contributed by atoms with E-state index in [-0.39, 0.29) is 0 Å². The van der Waals surface area contributed by atoms with Gasteiger partial charge in [-0.2, -0.15) is 0 Å². The number of hydrogen-bond acceptors (Lipinski definition) is 2. The summed E-state index contributed by atoms with van der Waals surface area (Å²) in [5.74, 6) is 0. The van der Waals surface area contributed by atoms with Gasteiger partial charge < -0.3 is 9.13 Å². The first-order chi connectivity index (χ1) is 32.2.